The molecule has 1 fully saturated rings. The van der Waals surface area contributed by atoms with Crippen LogP contribution >= 0.6 is 0 Å². The van der Waals surface area contributed by atoms with Gasteiger partial charge in [0.25, 0.3) is 0 Å². The molecule has 1 N–H and O–H groups in total. The molecule has 0 aromatic rings. The highest BCUT2D eigenvalue weighted by atomic mass is 16.5. The summed E-state index contributed by atoms with van der Waals surface area (Å²) >= 11 is 0. The third-order valence-corrected chi connectivity index (χ3v) is 3.63. The van der Waals surface area contributed by atoms with Gasteiger partial charge in [-0.15, -0.1) is 0 Å². The Morgan fingerprint density at radius 3 is 2.89 bits per heavy atom. The van der Waals surface area contributed by atoms with Gasteiger partial charge in [0.2, 0.25) is 0 Å². The monoisotopic (exact) mass is 255 g/mol. The number of hydrogen-bond acceptors (Lipinski definition) is 3. The summed E-state index contributed by atoms with van der Waals surface area (Å²) in [6.07, 6.45) is 10.5. The molecule has 1 aliphatic heterocycles. The predicted molar refractivity (Wildman–Crippen MR) is 74.6 cm³/mol. The van der Waals surface area contributed by atoms with Gasteiger partial charge in [-0.05, 0) is 39.2 Å². The van der Waals surface area contributed by atoms with Gasteiger partial charge in [0.05, 0.1) is 6.10 Å². The summed E-state index contributed by atoms with van der Waals surface area (Å²) in [5.41, 5.74) is 0. The Bertz CT molecular complexity index is 223. The van der Waals surface area contributed by atoms with Crippen LogP contribution in [-0.2, 0) is 9.53 Å². The zero-order valence-electron chi connectivity index (χ0n) is 12.0. The molecule has 18 heavy (non-hydrogen) atoms. The molecule has 1 rings (SSSR count). The number of rotatable bonds is 7. The summed E-state index contributed by atoms with van der Waals surface area (Å²) in [7, 11) is 0. The van der Waals surface area contributed by atoms with Crippen LogP contribution < -0.4 is 5.32 Å². The minimum Gasteiger partial charge on any atom is -0.462 e. The molecule has 0 aromatic heterocycles. The minimum absolute atomic E-state index is 0.0418. The van der Waals surface area contributed by atoms with E-state index in [-0.39, 0.29) is 18.1 Å². The van der Waals surface area contributed by atoms with Crippen molar-refractivity contribution in [2.24, 2.45) is 0 Å². The second-order valence-electron chi connectivity index (χ2n) is 5.45. The van der Waals surface area contributed by atoms with E-state index < -0.39 is 0 Å². The number of nitrogens with one attached hydrogen (secondary N) is 1. The first-order valence-corrected chi connectivity index (χ1v) is 7.68. The van der Waals surface area contributed by atoms with Crippen LogP contribution in [0.2, 0.25) is 0 Å². The zero-order chi connectivity index (χ0) is 13.2. The van der Waals surface area contributed by atoms with Crippen LogP contribution in [0.3, 0.4) is 0 Å². The second-order valence-corrected chi connectivity index (χ2v) is 5.45. The number of hydrogen-bond donors (Lipinski definition) is 1. The first-order valence-electron chi connectivity index (χ1n) is 7.68. The van der Waals surface area contributed by atoms with Crippen LogP contribution in [0.5, 0.6) is 0 Å². The van der Waals surface area contributed by atoms with Crippen molar-refractivity contribution in [1.29, 1.82) is 0 Å². The maximum absolute atomic E-state index is 12.0. The number of carbonyl (C=O) groups excluding carboxylic acids is 1. The Labute approximate surface area is 112 Å². The van der Waals surface area contributed by atoms with E-state index in [0.717, 1.165) is 25.8 Å². The van der Waals surface area contributed by atoms with Gasteiger partial charge in [0.15, 0.2) is 0 Å². The van der Waals surface area contributed by atoms with Gasteiger partial charge in [0, 0.05) is 0 Å². The van der Waals surface area contributed by atoms with Crippen molar-refractivity contribution >= 4 is 5.97 Å². The molecule has 1 aliphatic rings. The van der Waals surface area contributed by atoms with E-state index in [2.05, 4.69) is 12.2 Å². The standard InChI is InChI=1S/C15H29NO2/c1-3-4-5-7-10-13(2)18-15(17)14-11-8-6-9-12-16-14/h13-14,16H,3-12H2,1-2H3. The first kappa shape index (κ1) is 15.5. The molecule has 2 atom stereocenters. The summed E-state index contributed by atoms with van der Waals surface area (Å²) in [5, 5.41) is 3.29. The Balaban J connectivity index is 2.17. The highest BCUT2D eigenvalue weighted by Gasteiger charge is 2.22. The van der Waals surface area contributed by atoms with Crippen molar-refractivity contribution in [2.75, 3.05) is 6.54 Å². The van der Waals surface area contributed by atoms with Gasteiger partial charge < -0.3 is 10.1 Å². The SMILES string of the molecule is CCCCCCC(C)OC(=O)C1CCCCCN1. The summed E-state index contributed by atoms with van der Waals surface area (Å²) in [6.45, 7) is 5.17. The maximum Gasteiger partial charge on any atom is 0.323 e. The highest BCUT2D eigenvalue weighted by Crippen LogP contribution is 2.13. The Hall–Kier alpha value is -0.570. The topological polar surface area (TPSA) is 38.3 Å². The van der Waals surface area contributed by atoms with Crippen LogP contribution in [0.25, 0.3) is 0 Å². The predicted octanol–water partition coefficient (Wildman–Crippen LogP) is 3.42. The van der Waals surface area contributed by atoms with E-state index in [4.69, 9.17) is 4.74 Å². The van der Waals surface area contributed by atoms with Crippen molar-refractivity contribution < 1.29 is 9.53 Å². The molecule has 106 valence electrons. The summed E-state index contributed by atoms with van der Waals surface area (Å²) in [4.78, 5) is 12.0. The molecule has 0 spiro atoms. The van der Waals surface area contributed by atoms with Gasteiger partial charge in [-0.25, -0.2) is 0 Å². The first-order chi connectivity index (χ1) is 8.74. The Morgan fingerprint density at radius 2 is 2.11 bits per heavy atom. The lowest BCUT2D eigenvalue weighted by Gasteiger charge is -2.19. The lowest BCUT2D eigenvalue weighted by Crippen LogP contribution is -2.38. The maximum atomic E-state index is 12.0. The summed E-state index contributed by atoms with van der Waals surface area (Å²) < 4.78 is 5.52. The molecule has 0 aromatic carbocycles. The number of esters is 1. The molecule has 0 saturated carbocycles. The van der Waals surface area contributed by atoms with Crippen LogP contribution in [0.1, 0.15) is 71.6 Å². The van der Waals surface area contributed by atoms with Crippen LogP contribution in [0.4, 0.5) is 0 Å². The molecular formula is C15H29NO2. The zero-order valence-corrected chi connectivity index (χ0v) is 12.0. The fraction of sp³-hybridized carbons (Fsp3) is 0.933. The molecule has 3 nitrogen and oxygen atoms in total. The van der Waals surface area contributed by atoms with Gasteiger partial charge >= 0.3 is 5.97 Å². The van der Waals surface area contributed by atoms with Crippen LogP contribution in [0, 0.1) is 0 Å². The molecule has 3 heteroatoms. The fourth-order valence-corrected chi connectivity index (χ4v) is 2.43. The summed E-state index contributed by atoms with van der Waals surface area (Å²) in [5.74, 6) is -0.0418. The second kappa shape index (κ2) is 9.37. The number of unbranched alkanes of at least 4 members (excludes halogenated alkanes) is 3. The van der Waals surface area contributed by atoms with Crippen LogP contribution in [-0.4, -0.2) is 24.7 Å². The Morgan fingerprint density at radius 1 is 1.28 bits per heavy atom. The van der Waals surface area contributed by atoms with Crippen molar-refractivity contribution in [1.82, 2.24) is 5.32 Å². The molecule has 1 heterocycles. The molecule has 2 unspecified atom stereocenters. The van der Waals surface area contributed by atoms with E-state index >= 15 is 0 Å². The lowest BCUT2D eigenvalue weighted by molar-refractivity contribution is -0.151. The molecule has 0 radical (unpaired) electrons. The lowest BCUT2D eigenvalue weighted by atomic mass is 10.1. The molecule has 1 saturated heterocycles. The minimum atomic E-state index is -0.0643. The van der Waals surface area contributed by atoms with E-state index in [1.54, 1.807) is 0 Å². The molecular weight excluding hydrogens is 226 g/mol. The normalized spacial score (nSPS) is 22.2. The van der Waals surface area contributed by atoms with Crippen molar-refractivity contribution in [3.63, 3.8) is 0 Å². The van der Waals surface area contributed by atoms with E-state index in [0.29, 0.717) is 0 Å². The van der Waals surface area contributed by atoms with E-state index in [9.17, 15) is 4.79 Å². The quantitative estimate of drug-likeness (QED) is 0.559. The Kier molecular flexibility index (Phi) is 8.06. The number of carbonyl (C=O) groups is 1. The van der Waals surface area contributed by atoms with Gasteiger partial charge in [0.1, 0.15) is 6.04 Å². The molecule has 0 bridgehead atoms. The van der Waals surface area contributed by atoms with Crippen molar-refractivity contribution in [2.45, 2.75) is 83.8 Å². The fourth-order valence-electron chi connectivity index (χ4n) is 2.43. The average Bonchev–Trinajstić information content (AvgIpc) is 2.63. The summed E-state index contributed by atoms with van der Waals surface area (Å²) in [6, 6.07) is -0.0643. The highest BCUT2D eigenvalue weighted by molar-refractivity contribution is 5.75. The number of ether oxygens (including phenoxy) is 1. The van der Waals surface area contributed by atoms with Gasteiger partial charge in [-0.2, -0.15) is 0 Å². The van der Waals surface area contributed by atoms with Crippen molar-refractivity contribution in [3.8, 4) is 0 Å². The van der Waals surface area contributed by atoms with Gasteiger partial charge in [-0.3, -0.25) is 4.79 Å². The third kappa shape index (κ3) is 6.39. The van der Waals surface area contributed by atoms with Crippen LogP contribution in [0.15, 0.2) is 0 Å². The third-order valence-electron chi connectivity index (χ3n) is 3.63. The molecule has 0 amide bonds. The van der Waals surface area contributed by atoms with Crippen molar-refractivity contribution in [3.05, 3.63) is 0 Å². The smallest absolute Gasteiger partial charge is 0.323 e. The van der Waals surface area contributed by atoms with E-state index in [1.807, 2.05) is 6.92 Å². The van der Waals surface area contributed by atoms with Gasteiger partial charge in [-0.1, -0.05) is 39.0 Å². The average molecular weight is 255 g/mol. The largest absolute Gasteiger partial charge is 0.462 e. The van der Waals surface area contributed by atoms with E-state index in [1.165, 1.54) is 38.5 Å². The molecule has 0 aliphatic carbocycles.